The maximum Gasteiger partial charge on any atom is 0.191 e. The summed E-state index contributed by atoms with van der Waals surface area (Å²) in [7, 11) is 1.78. The fraction of sp³-hybridized carbons (Fsp3) is 0.333. The Kier molecular flexibility index (Phi) is 5.15. The van der Waals surface area contributed by atoms with Crippen LogP contribution in [0.15, 0.2) is 40.7 Å². The molecule has 3 rings (SSSR count). The van der Waals surface area contributed by atoms with Crippen LogP contribution in [0.5, 0.6) is 0 Å². The lowest BCUT2D eigenvalue weighted by atomic mass is 10.2. The molecule has 0 spiro atoms. The number of H-pyrrole nitrogens is 1. The summed E-state index contributed by atoms with van der Waals surface area (Å²) < 4.78 is 0. The van der Waals surface area contributed by atoms with Crippen molar-refractivity contribution < 1.29 is 0 Å². The van der Waals surface area contributed by atoms with Crippen LogP contribution >= 0.6 is 11.3 Å². The maximum absolute atomic E-state index is 4.63. The van der Waals surface area contributed by atoms with Crippen LogP contribution in [0, 0.1) is 0 Å². The quantitative estimate of drug-likeness (QED) is 0.491. The number of hydrogen-bond acceptors (Lipinski definition) is 3. The molecule has 2 heterocycles. The van der Waals surface area contributed by atoms with Gasteiger partial charge in [0.05, 0.1) is 18.8 Å². The van der Waals surface area contributed by atoms with Crippen molar-refractivity contribution >= 4 is 28.2 Å². The minimum absolute atomic E-state index is 0.467. The summed E-state index contributed by atoms with van der Waals surface area (Å²) in [6.07, 6.45) is 0. The van der Waals surface area contributed by atoms with E-state index in [1.807, 2.05) is 12.1 Å². The number of guanidine groups is 1. The Morgan fingerprint density at radius 3 is 2.75 bits per heavy atom. The molecule has 0 atom stereocenters. The second-order valence-corrected chi connectivity index (χ2v) is 6.92. The Labute approximate surface area is 146 Å². The fourth-order valence-electron chi connectivity index (χ4n) is 2.46. The highest BCUT2D eigenvalue weighted by Gasteiger charge is 2.07. The molecule has 5 nitrogen and oxygen atoms in total. The zero-order valence-corrected chi connectivity index (χ0v) is 15.1. The van der Waals surface area contributed by atoms with E-state index in [1.54, 1.807) is 18.4 Å². The smallest absolute Gasteiger partial charge is 0.191 e. The molecule has 6 heteroatoms. The van der Waals surface area contributed by atoms with Gasteiger partial charge in [0.1, 0.15) is 5.01 Å². The molecule has 24 heavy (non-hydrogen) atoms. The predicted molar refractivity (Wildman–Crippen MR) is 102 cm³/mol. The first-order valence-electron chi connectivity index (χ1n) is 8.11. The van der Waals surface area contributed by atoms with Gasteiger partial charge in [-0.3, -0.25) is 4.99 Å². The van der Waals surface area contributed by atoms with E-state index in [9.17, 15) is 0 Å². The van der Waals surface area contributed by atoms with Gasteiger partial charge < -0.3 is 15.6 Å². The van der Waals surface area contributed by atoms with Gasteiger partial charge in [-0.05, 0) is 23.4 Å². The molecular weight excluding hydrogens is 318 g/mol. The van der Waals surface area contributed by atoms with Crippen molar-refractivity contribution in [2.24, 2.45) is 4.99 Å². The van der Waals surface area contributed by atoms with Crippen LogP contribution in [0.2, 0.25) is 0 Å². The number of benzene rings is 1. The molecule has 0 aliphatic carbocycles. The number of aromatic nitrogens is 2. The number of rotatable bonds is 5. The molecular formula is C18H23N5S. The first-order valence-corrected chi connectivity index (χ1v) is 8.99. The van der Waals surface area contributed by atoms with E-state index < -0.39 is 0 Å². The summed E-state index contributed by atoms with van der Waals surface area (Å²) >= 11 is 1.69. The number of para-hydroxylation sites is 1. The Balaban J connectivity index is 1.54. The number of aromatic amines is 1. The van der Waals surface area contributed by atoms with Crippen molar-refractivity contribution in [3.8, 4) is 0 Å². The van der Waals surface area contributed by atoms with Gasteiger partial charge in [0.25, 0.3) is 0 Å². The summed E-state index contributed by atoms with van der Waals surface area (Å²) in [4.78, 5) is 12.3. The van der Waals surface area contributed by atoms with E-state index in [2.05, 4.69) is 63.0 Å². The van der Waals surface area contributed by atoms with Gasteiger partial charge >= 0.3 is 0 Å². The lowest BCUT2D eigenvalue weighted by Gasteiger charge is -2.10. The van der Waals surface area contributed by atoms with Crippen molar-refractivity contribution in [3.63, 3.8) is 0 Å². The molecule has 0 amide bonds. The Hall–Kier alpha value is -2.34. The molecule has 0 fully saturated rings. The molecule has 0 bridgehead atoms. The third-order valence-corrected chi connectivity index (χ3v) is 4.69. The van der Waals surface area contributed by atoms with Crippen molar-refractivity contribution in [3.05, 3.63) is 52.1 Å². The van der Waals surface area contributed by atoms with Gasteiger partial charge in [0.15, 0.2) is 5.96 Å². The molecule has 0 saturated carbocycles. The van der Waals surface area contributed by atoms with Crippen LogP contribution in [-0.2, 0) is 13.1 Å². The maximum atomic E-state index is 4.63. The second-order valence-electron chi connectivity index (χ2n) is 5.98. The van der Waals surface area contributed by atoms with E-state index in [-0.39, 0.29) is 0 Å². The number of nitrogens with one attached hydrogen (secondary N) is 3. The molecule has 0 saturated heterocycles. The molecule has 3 aromatic rings. The highest BCUT2D eigenvalue weighted by molar-refractivity contribution is 7.09. The third kappa shape index (κ3) is 3.94. The van der Waals surface area contributed by atoms with E-state index >= 15 is 0 Å². The number of nitrogens with zero attached hydrogens (tertiary/aromatic N) is 2. The summed E-state index contributed by atoms with van der Waals surface area (Å²) in [5.74, 6) is 1.24. The molecule has 1 aromatic carbocycles. The van der Waals surface area contributed by atoms with Crippen LogP contribution in [0.3, 0.4) is 0 Å². The van der Waals surface area contributed by atoms with Gasteiger partial charge in [-0.2, -0.15) is 0 Å². The Morgan fingerprint density at radius 1 is 1.25 bits per heavy atom. The van der Waals surface area contributed by atoms with E-state index in [1.165, 1.54) is 5.39 Å². The minimum atomic E-state index is 0.467. The van der Waals surface area contributed by atoms with Crippen molar-refractivity contribution in [2.45, 2.75) is 32.9 Å². The SMILES string of the molecule is CN=C(NCc1cc2ccccc2[nH]1)NCc1nc(C(C)C)cs1. The topological polar surface area (TPSA) is 65.1 Å². The van der Waals surface area contributed by atoms with Crippen molar-refractivity contribution in [2.75, 3.05) is 7.05 Å². The van der Waals surface area contributed by atoms with Gasteiger partial charge in [-0.1, -0.05) is 32.0 Å². The van der Waals surface area contributed by atoms with Crippen LogP contribution in [0.25, 0.3) is 10.9 Å². The summed E-state index contributed by atoms with van der Waals surface area (Å²) in [6, 6.07) is 10.4. The lowest BCUT2D eigenvalue weighted by molar-refractivity contribution is 0.780. The van der Waals surface area contributed by atoms with Gasteiger partial charge in [0.2, 0.25) is 0 Å². The largest absolute Gasteiger partial charge is 0.357 e. The molecule has 0 aliphatic heterocycles. The standard InChI is InChI=1S/C18H23N5S/c1-12(2)16-11-24-17(23-16)10-21-18(19-3)20-9-14-8-13-6-4-5-7-15(13)22-14/h4-8,11-12,22H,9-10H2,1-3H3,(H2,19,20,21). The van der Waals surface area contributed by atoms with E-state index in [0.717, 1.165) is 27.9 Å². The molecule has 0 aliphatic rings. The number of hydrogen-bond donors (Lipinski definition) is 3. The fourth-order valence-corrected chi connectivity index (χ4v) is 3.35. The molecule has 0 unspecified atom stereocenters. The highest BCUT2D eigenvalue weighted by atomic mass is 32.1. The van der Waals surface area contributed by atoms with Crippen molar-refractivity contribution in [1.29, 1.82) is 0 Å². The Morgan fingerprint density at radius 2 is 2.04 bits per heavy atom. The number of aliphatic imine (C=N–C) groups is 1. The first kappa shape index (κ1) is 16.5. The van der Waals surface area contributed by atoms with Crippen LogP contribution in [0.1, 0.15) is 36.2 Å². The molecule has 2 aromatic heterocycles. The van der Waals surface area contributed by atoms with E-state index in [4.69, 9.17) is 0 Å². The Bertz CT molecular complexity index is 798. The molecule has 126 valence electrons. The van der Waals surface area contributed by atoms with E-state index in [0.29, 0.717) is 19.0 Å². The minimum Gasteiger partial charge on any atom is -0.357 e. The molecule has 0 radical (unpaired) electrons. The number of thiazole rings is 1. The highest BCUT2D eigenvalue weighted by Crippen LogP contribution is 2.17. The monoisotopic (exact) mass is 341 g/mol. The second kappa shape index (κ2) is 7.49. The van der Waals surface area contributed by atoms with Gasteiger partial charge in [0, 0.05) is 23.6 Å². The van der Waals surface area contributed by atoms with Crippen LogP contribution in [0.4, 0.5) is 0 Å². The predicted octanol–water partition coefficient (Wildman–Crippen LogP) is 3.61. The lowest BCUT2D eigenvalue weighted by Crippen LogP contribution is -2.36. The number of fused-ring (bicyclic) bond motifs is 1. The first-order chi connectivity index (χ1) is 11.7. The van der Waals surface area contributed by atoms with Crippen LogP contribution < -0.4 is 10.6 Å². The average molecular weight is 341 g/mol. The molecule has 3 N–H and O–H groups in total. The van der Waals surface area contributed by atoms with Gasteiger partial charge in [-0.25, -0.2) is 4.98 Å². The normalized spacial score (nSPS) is 12.1. The summed E-state index contributed by atoms with van der Waals surface area (Å²) in [5, 5.41) is 11.1. The third-order valence-electron chi connectivity index (χ3n) is 3.82. The van der Waals surface area contributed by atoms with Crippen molar-refractivity contribution in [1.82, 2.24) is 20.6 Å². The van der Waals surface area contributed by atoms with Crippen LogP contribution in [-0.4, -0.2) is 23.0 Å². The zero-order chi connectivity index (χ0) is 16.9. The average Bonchev–Trinajstić information content (AvgIpc) is 3.21. The zero-order valence-electron chi connectivity index (χ0n) is 14.3. The van der Waals surface area contributed by atoms with Gasteiger partial charge in [-0.15, -0.1) is 11.3 Å². The summed E-state index contributed by atoms with van der Waals surface area (Å²) in [5.41, 5.74) is 3.44. The summed E-state index contributed by atoms with van der Waals surface area (Å²) in [6.45, 7) is 5.70.